The Hall–Kier alpha value is -2.63. The second kappa shape index (κ2) is 7.09. The lowest BCUT2D eigenvalue weighted by atomic mass is 10.2. The van der Waals surface area contributed by atoms with Crippen LogP contribution < -0.4 is 15.0 Å². The molecule has 1 amide bonds. The third-order valence-corrected chi connectivity index (χ3v) is 3.90. The minimum absolute atomic E-state index is 0.198. The lowest BCUT2D eigenvalue weighted by Crippen LogP contribution is -2.25. The third kappa shape index (κ3) is 3.77. The van der Waals surface area contributed by atoms with E-state index in [-0.39, 0.29) is 5.91 Å². The number of hydrogen-bond acceptors (Lipinski definition) is 5. The Labute approximate surface area is 135 Å². The quantitative estimate of drug-likeness (QED) is 0.915. The summed E-state index contributed by atoms with van der Waals surface area (Å²) in [5.41, 5.74) is 1.37. The van der Waals surface area contributed by atoms with Crippen LogP contribution in [0.15, 0.2) is 36.7 Å². The van der Waals surface area contributed by atoms with Crippen LogP contribution in [-0.2, 0) is 6.54 Å². The SMILES string of the molecule is COc1cccc(CNC(=O)c2cc(N3CCCC3)ncn2)c1. The van der Waals surface area contributed by atoms with Crippen molar-refractivity contribution in [3.63, 3.8) is 0 Å². The van der Waals surface area contributed by atoms with Gasteiger partial charge in [0.2, 0.25) is 0 Å². The minimum atomic E-state index is -0.198. The molecule has 0 saturated carbocycles. The number of amides is 1. The number of aromatic nitrogens is 2. The molecule has 6 heteroatoms. The molecule has 3 rings (SSSR count). The summed E-state index contributed by atoms with van der Waals surface area (Å²) in [6.45, 7) is 2.41. The normalized spacial score (nSPS) is 13.9. The van der Waals surface area contributed by atoms with Crippen LogP contribution in [0.3, 0.4) is 0 Å². The van der Waals surface area contributed by atoms with Crippen molar-refractivity contribution < 1.29 is 9.53 Å². The summed E-state index contributed by atoms with van der Waals surface area (Å²) in [6.07, 6.45) is 3.79. The summed E-state index contributed by atoms with van der Waals surface area (Å²) in [5, 5.41) is 2.88. The van der Waals surface area contributed by atoms with Crippen molar-refractivity contribution in [2.24, 2.45) is 0 Å². The molecule has 1 N–H and O–H groups in total. The first-order valence-corrected chi connectivity index (χ1v) is 7.74. The molecule has 1 aliphatic rings. The summed E-state index contributed by atoms with van der Waals surface area (Å²) in [6, 6.07) is 9.37. The van der Waals surface area contributed by atoms with Gasteiger partial charge in [0.25, 0.3) is 5.91 Å². The zero-order valence-electron chi connectivity index (χ0n) is 13.2. The topological polar surface area (TPSA) is 67.3 Å². The fraction of sp³-hybridized carbons (Fsp3) is 0.353. The van der Waals surface area contributed by atoms with Crippen molar-refractivity contribution in [1.29, 1.82) is 0 Å². The van der Waals surface area contributed by atoms with Gasteiger partial charge in [0.05, 0.1) is 7.11 Å². The molecule has 1 saturated heterocycles. The second-order valence-corrected chi connectivity index (χ2v) is 5.49. The van der Waals surface area contributed by atoms with Crippen LogP contribution in [0.2, 0.25) is 0 Å². The first-order valence-electron chi connectivity index (χ1n) is 7.74. The molecule has 0 spiro atoms. The summed E-state index contributed by atoms with van der Waals surface area (Å²) >= 11 is 0. The maximum absolute atomic E-state index is 12.3. The minimum Gasteiger partial charge on any atom is -0.497 e. The van der Waals surface area contributed by atoms with E-state index in [0.29, 0.717) is 12.2 Å². The highest BCUT2D eigenvalue weighted by molar-refractivity contribution is 5.92. The molecule has 1 fully saturated rings. The number of methoxy groups -OCH3 is 1. The number of anilines is 1. The smallest absolute Gasteiger partial charge is 0.270 e. The van der Waals surface area contributed by atoms with Crippen molar-refractivity contribution in [2.45, 2.75) is 19.4 Å². The Morgan fingerprint density at radius 3 is 2.87 bits per heavy atom. The highest BCUT2D eigenvalue weighted by atomic mass is 16.5. The standard InChI is InChI=1S/C17H20N4O2/c1-23-14-6-4-5-13(9-14)11-18-17(22)15-10-16(20-12-19-15)21-7-2-3-8-21/h4-6,9-10,12H,2-3,7-8,11H2,1H3,(H,18,22). The summed E-state index contributed by atoms with van der Waals surface area (Å²) < 4.78 is 5.18. The van der Waals surface area contributed by atoms with Gasteiger partial charge in [-0.3, -0.25) is 4.79 Å². The molecule has 2 aromatic rings. The molecule has 23 heavy (non-hydrogen) atoms. The predicted molar refractivity (Wildman–Crippen MR) is 87.6 cm³/mol. The number of hydrogen-bond donors (Lipinski definition) is 1. The van der Waals surface area contributed by atoms with Crippen molar-refractivity contribution in [3.05, 3.63) is 47.9 Å². The number of rotatable bonds is 5. The molecule has 1 aromatic heterocycles. The molecule has 1 aliphatic heterocycles. The molecule has 1 aromatic carbocycles. The molecule has 120 valence electrons. The monoisotopic (exact) mass is 312 g/mol. The number of nitrogens with zero attached hydrogens (tertiary/aromatic N) is 3. The van der Waals surface area contributed by atoms with Crippen LogP contribution in [-0.4, -0.2) is 36.1 Å². The molecule has 0 unspecified atom stereocenters. The molecule has 0 radical (unpaired) electrons. The van der Waals surface area contributed by atoms with Crippen molar-refractivity contribution in [1.82, 2.24) is 15.3 Å². The number of nitrogens with one attached hydrogen (secondary N) is 1. The highest BCUT2D eigenvalue weighted by Gasteiger charge is 2.16. The maximum atomic E-state index is 12.3. The maximum Gasteiger partial charge on any atom is 0.270 e. The number of benzene rings is 1. The fourth-order valence-corrected chi connectivity index (χ4v) is 2.65. The van der Waals surface area contributed by atoms with E-state index < -0.39 is 0 Å². The first kappa shape index (κ1) is 15.3. The Kier molecular flexibility index (Phi) is 4.71. The van der Waals surface area contributed by atoms with Crippen LogP contribution in [0.1, 0.15) is 28.9 Å². The Balaban J connectivity index is 1.64. The van der Waals surface area contributed by atoms with Crippen LogP contribution in [0.4, 0.5) is 5.82 Å². The van der Waals surface area contributed by atoms with Gasteiger partial charge in [-0.15, -0.1) is 0 Å². The van der Waals surface area contributed by atoms with Crippen LogP contribution in [0.25, 0.3) is 0 Å². The van der Waals surface area contributed by atoms with E-state index >= 15 is 0 Å². The highest BCUT2D eigenvalue weighted by Crippen LogP contribution is 2.17. The van der Waals surface area contributed by atoms with Gasteiger partial charge in [0.1, 0.15) is 23.6 Å². The Morgan fingerprint density at radius 1 is 1.26 bits per heavy atom. The number of ether oxygens (including phenoxy) is 1. The zero-order valence-corrected chi connectivity index (χ0v) is 13.2. The molecule has 0 atom stereocenters. The van der Waals surface area contributed by atoms with E-state index in [1.165, 1.54) is 19.2 Å². The second-order valence-electron chi connectivity index (χ2n) is 5.49. The van der Waals surface area contributed by atoms with E-state index in [1.807, 2.05) is 24.3 Å². The van der Waals surface area contributed by atoms with Gasteiger partial charge in [-0.1, -0.05) is 12.1 Å². The zero-order chi connectivity index (χ0) is 16.1. The Morgan fingerprint density at radius 2 is 2.09 bits per heavy atom. The van der Waals surface area contributed by atoms with Crippen molar-refractivity contribution in [2.75, 3.05) is 25.1 Å². The largest absolute Gasteiger partial charge is 0.497 e. The average molecular weight is 312 g/mol. The van der Waals surface area contributed by atoms with Gasteiger partial charge in [0, 0.05) is 25.7 Å². The Bertz CT molecular complexity index is 684. The van der Waals surface area contributed by atoms with E-state index in [9.17, 15) is 4.79 Å². The van der Waals surface area contributed by atoms with Gasteiger partial charge in [-0.2, -0.15) is 0 Å². The van der Waals surface area contributed by atoms with Gasteiger partial charge >= 0.3 is 0 Å². The lowest BCUT2D eigenvalue weighted by Gasteiger charge is -2.16. The first-order chi connectivity index (χ1) is 11.3. The predicted octanol–water partition coefficient (Wildman–Crippen LogP) is 2.02. The van der Waals surface area contributed by atoms with E-state index in [2.05, 4.69) is 20.2 Å². The van der Waals surface area contributed by atoms with E-state index in [0.717, 1.165) is 30.2 Å². The summed E-state index contributed by atoms with van der Waals surface area (Å²) in [7, 11) is 1.62. The lowest BCUT2D eigenvalue weighted by molar-refractivity contribution is 0.0945. The average Bonchev–Trinajstić information content (AvgIpc) is 3.14. The summed E-state index contributed by atoms with van der Waals surface area (Å²) in [5.74, 6) is 1.40. The van der Waals surface area contributed by atoms with Crippen LogP contribution in [0.5, 0.6) is 5.75 Å². The van der Waals surface area contributed by atoms with Gasteiger partial charge in [-0.25, -0.2) is 9.97 Å². The molecular formula is C17H20N4O2. The van der Waals surface area contributed by atoms with Crippen molar-refractivity contribution >= 4 is 11.7 Å². The molecule has 2 heterocycles. The molecular weight excluding hydrogens is 292 g/mol. The van der Waals surface area contributed by atoms with Crippen LogP contribution in [0, 0.1) is 0 Å². The molecule has 6 nitrogen and oxygen atoms in total. The van der Waals surface area contributed by atoms with E-state index in [4.69, 9.17) is 4.74 Å². The van der Waals surface area contributed by atoms with Crippen LogP contribution >= 0.6 is 0 Å². The third-order valence-electron chi connectivity index (χ3n) is 3.90. The number of carbonyl (C=O) groups excluding carboxylic acids is 1. The van der Waals surface area contributed by atoms with Gasteiger partial charge in [0.15, 0.2) is 0 Å². The molecule has 0 aliphatic carbocycles. The fourth-order valence-electron chi connectivity index (χ4n) is 2.65. The van der Waals surface area contributed by atoms with Gasteiger partial charge in [-0.05, 0) is 30.5 Å². The van der Waals surface area contributed by atoms with Crippen molar-refractivity contribution in [3.8, 4) is 5.75 Å². The number of carbonyl (C=O) groups is 1. The van der Waals surface area contributed by atoms with E-state index in [1.54, 1.807) is 13.2 Å². The summed E-state index contributed by atoms with van der Waals surface area (Å²) in [4.78, 5) is 22.8. The molecule has 0 bridgehead atoms. The van der Waals surface area contributed by atoms with Gasteiger partial charge < -0.3 is 15.0 Å².